The van der Waals surface area contributed by atoms with Crippen LogP contribution in [0, 0.1) is 19.3 Å². The molecule has 0 bridgehead atoms. The van der Waals surface area contributed by atoms with Gasteiger partial charge in [-0.2, -0.15) is 0 Å². The van der Waals surface area contributed by atoms with Crippen molar-refractivity contribution in [3.05, 3.63) is 21.4 Å². The fraction of sp³-hybridized carbons (Fsp3) is 0.462. The van der Waals surface area contributed by atoms with Crippen LogP contribution in [0.4, 0.5) is 0 Å². The molecule has 3 heteroatoms. The van der Waals surface area contributed by atoms with E-state index in [1.54, 1.807) is 23.3 Å². The van der Waals surface area contributed by atoms with Crippen LogP contribution in [-0.4, -0.2) is 24.4 Å². The lowest BCUT2D eigenvalue weighted by Gasteiger charge is -2.14. The molecular formula is C13H17NOS. The van der Waals surface area contributed by atoms with E-state index in [1.165, 1.54) is 10.4 Å². The Balaban J connectivity index is 2.76. The maximum Gasteiger partial charge on any atom is 0.263 e. The first-order valence-corrected chi connectivity index (χ1v) is 6.20. The molecule has 0 aliphatic rings. The number of thiophene rings is 1. The highest BCUT2D eigenvalue weighted by atomic mass is 32.1. The van der Waals surface area contributed by atoms with Crippen LogP contribution in [-0.2, 0) is 6.42 Å². The smallest absolute Gasteiger partial charge is 0.263 e. The van der Waals surface area contributed by atoms with Gasteiger partial charge in [0.25, 0.3) is 5.91 Å². The van der Waals surface area contributed by atoms with Gasteiger partial charge in [0, 0.05) is 24.9 Å². The third-order valence-electron chi connectivity index (χ3n) is 2.55. The predicted molar refractivity (Wildman–Crippen MR) is 68.8 cm³/mol. The van der Waals surface area contributed by atoms with Crippen molar-refractivity contribution < 1.29 is 4.79 Å². The summed E-state index contributed by atoms with van der Waals surface area (Å²) in [6.45, 7) is 4.78. The van der Waals surface area contributed by atoms with Crippen molar-refractivity contribution in [2.45, 2.75) is 26.7 Å². The minimum Gasteiger partial charge on any atom is -0.340 e. The van der Waals surface area contributed by atoms with Crippen LogP contribution < -0.4 is 0 Å². The summed E-state index contributed by atoms with van der Waals surface area (Å²) >= 11 is 1.57. The quantitative estimate of drug-likeness (QED) is 0.735. The predicted octanol–water partition coefficient (Wildman–Crippen LogP) is 2.71. The van der Waals surface area contributed by atoms with Gasteiger partial charge in [-0.15, -0.1) is 23.7 Å². The lowest BCUT2D eigenvalue weighted by Crippen LogP contribution is -2.26. The summed E-state index contributed by atoms with van der Waals surface area (Å²) in [7, 11) is 1.79. The molecule has 2 nitrogen and oxygen atoms in total. The molecule has 16 heavy (non-hydrogen) atoms. The third kappa shape index (κ3) is 2.86. The number of amides is 1. The number of aryl methyl sites for hydroxylation is 2. The summed E-state index contributed by atoms with van der Waals surface area (Å²) in [5.41, 5.74) is 1.26. The van der Waals surface area contributed by atoms with Gasteiger partial charge < -0.3 is 4.90 Å². The first-order valence-electron chi connectivity index (χ1n) is 5.38. The largest absolute Gasteiger partial charge is 0.340 e. The highest BCUT2D eigenvalue weighted by Crippen LogP contribution is 2.23. The van der Waals surface area contributed by atoms with Crippen molar-refractivity contribution in [1.82, 2.24) is 4.90 Å². The van der Waals surface area contributed by atoms with E-state index in [1.807, 2.05) is 6.07 Å². The highest BCUT2D eigenvalue weighted by Gasteiger charge is 2.15. The molecule has 0 aromatic carbocycles. The first-order chi connectivity index (χ1) is 7.60. The SMILES string of the molecule is C#CCCN(C)C(=O)c1cc(CC)c(C)s1. The molecule has 0 aliphatic heterocycles. The van der Waals surface area contributed by atoms with Crippen LogP contribution in [0.25, 0.3) is 0 Å². The molecule has 1 aromatic heterocycles. The molecule has 0 aliphatic carbocycles. The Hall–Kier alpha value is -1.27. The second-order valence-electron chi connectivity index (χ2n) is 3.73. The molecule has 0 saturated heterocycles. The molecule has 1 amide bonds. The fourth-order valence-electron chi connectivity index (χ4n) is 1.50. The van der Waals surface area contributed by atoms with Crippen molar-refractivity contribution in [3.63, 3.8) is 0 Å². The Morgan fingerprint density at radius 1 is 1.62 bits per heavy atom. The zero-order chi connectivity index (χ0) is 12.1. The molecule has 0 radical (unpaired) electrons. The molecule has 0 atom stereocenters. The van der Waals surface area contributed by atoms with Gasteiger partial charge in [0.05, 0.1) is 4.88 Å². The van der Waals surface area contributed by atoms with Gasteiger partial charge in [-0.1, -0.05) is 6.92 Å². The average Bonchev–Trinajstić information content (AvgIpc) is 2.66. The standard InChI is InChI=1S/C13H17NOS/c1-5-7-8-14(4)13(15)12-9-11(6-2)10(3)16-12/h1,9H,6-8H2,2-4H3. The van der Waals surface area contributed by atoms with Crippen molar-refractivity contribution in [2.24, 2.45) is 0 Å². The lowest BCUT2D eigenvalue weighted by molar-refractivity contribution is 0.0803. The summed E-state index contributed by atoms with van der Waals surface area (Å²) in [5.74, 6) is 2.61. The van der Waals surface area contributed by atoms with E-state index in [2.05, 4.69) is 19.8 Å². The van der Waals surface area contributed by atoms with Crippen molar-refractivity contribution in [1.29, 1.82) is 0 Å². The molecule has 1 aromatic rings. The number of rotatable bonds is 4. The number of carbonyl (C=O) groups excluding carboxylic acids is 1. The van der Waals surface area contributed by atoms with E-state index >= 15 is 0 Å². The summed E-state index contributed by atoms with van der Waals surface area (Å²) < 4.78 is 0. The molecule has 0 spiro atoms. The van der Waals surface area contributed by atoms with Gasteiger partial charge in [0.15, 0.2) is 0 Å². The van der Waals surface area contributed by atoms with Gasteiger partial charge in [-0.05, 0) is 25.0 Å². The van der Waals surface area contributed by atoms with Gasteiger partial charge in [-0.25, -0.2) is 0 Å². The summed E-state index contributed by atoms with van der Waals surface area (Å²) in [6.07, 6.45) is 6.76. The Morgan fingerprint density at radius 3 is 2.81 bits per heavy atom. The van der Waals surface area contributed by atoms with Gasteiger partial charge in [-0.3, -0.25) is 4.79 Å². The van der Waals surface area contributed by atoms with E-state index in [-0.39, 0.29) is 5.91 Å². The zero-order valence-electron chi connectivity index (χ0n) is 10.0. The van der Waals surface area contributed by atoms with Crippen LogP contribution in [0.2, 0.25) is 0 Å². The number of hydrogen-bond donors (Lipinski definition) is 0. The molecule has 0 N–H and O–H groups in total. The molecule has 0 fully saturated rings. The summed E-state index contributed by atoms with van der Waals surface area (Å²) in [6, 6.07) is 1.99. The Kier molecular flexibility index (Phi) is 4.57. The summed E-state index contributed by atoms with van der Waals surface area (Å²) in [4.78, 5) is 15.7. The van der Waals surface area contributed by atoms with Gasteiger partial charge in [0.1, 0.15) is 0 Å². The monoisotopic (exact) mass is 235 g/mol. The van der Waals surface area contributed by atoms with E-state index < -0.39 is 0 Å². The van der Waals surface area contributed by atoms with Crippen LogP contribution >= 0.6 is 11.3 Å². The van der Waals surface area contributed by atoms with E-state index in [0.29, 0.717) is 13.0 Å². The Labute approximate surface area is 101 Å². The van der Waals surface area contributed by atoms with Crippen LogP contribution in [0.1, 0.15) is 33.5 Å². The van der Waals surface area contributed by atoms with E-state index in [9.17, 15) is 4.79 Å². The van der Waals surface area contributed by atoms with E-state index in [4.69, 9.17) is 6.42 Å². The molecule has 1 heterocycles. The highest BCUT2D eigenvalue weighted by molar-refractivity contribution is 7.14. The zero-order valence-corrected chi connectivity index (χ0v) is 10.9. The van der Waals surface area contributed by atoms with Gasteiger partial charge >= 0.3 is 0 Å². The van der Waals surface area contributed by atoms with E-state index in [0.717, 1.165) is 11.3 Å². The first kappa shape index (κ1) is 12.8. The van der Waals surface area contributed by atoms with Crippen molar-refractivity contribution in [2.75, 3.05) is 13.6 Å². The topological polar surface area (TPSA) is 20.3 Å². The van der Waals surface area contributed by atoms with Crippen LogP contribution in [0.15, 0.2) is 6.07 Å². The molecule has 86 valence electrons. The van der Waals surface area contributed by atoms with Crippen molar-refractivity contribution >= 4 is 17.2 Å². The number of carbonyl (C=O) groups is 1. The van der Waals surface area contributed by atoms with Crippen molar-refractivity contribution in [3.8, 4) is 12.3 Å². The third-order valence-corrected chi connectivity index (χ3v) is 3.63. The van der Waals surface area contributed by atoms with Crippen LogP contribution in [0.3, 0.4) is 0 Å². The number of terminal acetylenes is 1. The maximum atomic E-state index is 12.0. The maximum absolute atomic E-state index is 12.0. The molecule has 1 rings (SSSR count). The molecule has 0 saturated carbocycles. The average molecular weight is 235 g/mol. The fourth-order valence-corrected chi connectivity index (χ4v) is 2.61. The lowest BCUT2D eigenvalue weighted by atomic mass is 10.2. The Bertz CT molecular complexity index is 414. The van der Waals surface area contributed by atoms with Gasteiger partial charge in [0.2, 0.25) is 0 Å². The second-order valence-corrected chi connectivity index (χ2v) is 4.98. The Morgan fingerprint density at radius 2 is 2.31 bits per heavy atom. The number of nitrogens with zero attached hydrogens (tertiary/aromatic N) is 1. The minimum absolute atomic E-state index is 0.0723. The normalized spacial score (nSPS) is 9.88. The second kappa shape index (κ2) is 5.72. The number of hydrogen-bond acceptors (Lipinski definition) is 2. The van der Waals surface area contributed by atoms with Crippen LogP contribution in [0.5, 0.6) is 0 Å². The minimum atomic E-state index is 0.0723. The summed E-state index contributed by atoms with van der Waals surface area (Å²) in [5, 5.41) is 0. The molecule has 0 unspecified atom stereocenters. The molecular weight excluding hydrogens is 218 g/mol.